The number of aromatic nitrogens is 4. The summed E-state index contributed by atoms with van der Waals surface area (Å²) >= 11 is 10.4. The third kappa shape index (κ3) is 5.28. The van der Waals surface area contributed by atoms with Crippen molar-refractivity contribution in [3.63, 3.8) is 0 Å². The lowest BCUT2D eigenvalue weighted by Gasteiger charge is -2.09. The molecule has 0 bridgehead atoms. The number of fused-ring (bicyclic) bond motifs is 7. The summed E-state index contributed by atoms with van der Waals surface area (Å²) in [7, 11) is 3.03. The largest absolute Gasteiger partial charge is 0.277 e. The molecule has 9 heterocycles. The maximum atomic E-state index is 12.6. The van der Waals surface area contributed by atoms with Crippen LogP contribution in [0.25, 0.3) is 84.0 Å². The van der Waals surface area contributed by atoms with E-state index in [2.05, 4.69) is 60.7 Å². The first-order valence-corrected chi connectivity index (χ1v) is 23.7. The second-order valence-electron chi connectivity index (χ2n) is 14.5. The molecule has 10 nitrogen and oxygen atoms in total. The summed E-state index contributed by atoms with van der Waals surface area (Å²) in [5, 5.41) is 0. The lowest BCUT2D eigenvalue weighted by Crippen LogP contribution is -2.24. The zero-order valence-corrected chi connectivity index (χ0v) is 37.5. The molecule has 0 radical (unpaired) electrons. The van der Waals surface area contributed by atoms with E-state index in [4.69, 9.17) is 8.75 Å². The lowest BCUT2D eigenvalue weighted by molar-refractivity contribution is 0.0679. The molecule has 2 aliphatic rings. The number of allylic oxidation sites excluding steroid dienone is 4. The Balaban J connectivity index is 0.913. The minimum absolute atomic E-state index is 0.265. The van der Waals surface area contributed by atoms with E-state index in [0.29, 0.717) is 20.9 Å². The van der Waals surface area contributed by atoms with Gasteiger partial charge in [-0.25, -0.2) is 0 Å². The SMILES string of the molecule is C/C(=C(/C)c1ccc(-c2cc3c(s2)C(=O)N(C)C3=O)c2nsnc12)c1cc2sc3cc(/C(C)=C(\C)c4ccc(-c5cc6c(s5)C(=O)N(C)C6=O)c5nsnc45)sc3c2s1. The van der Waals surface area contributed by atoms with Crippen LogP contribution >= 0.6 is 80.1 Å². The second kappa shape index (κ2) is 13.2. The highest BCUT2D eigenvalue weighted by Crippen LogP contribution is 2.49. The molecule has 4 amide bonds. The van der Waals surface area contributed by atoms with Crippen molar-refractivity contribution in [2.45, 2.75) is 27.7 Å². The molecule has 290 valence electrons. The average molecular weight is 903 g/mol. The quantitative estimate of drug-likeness (QED) is 0.151. The van der Waals surface area contributed by atoms with Gasteiger partial charge in [0.05, 0.1) is 44.0 Å². The number of thiophene rings is 5. The number of nitrogens with zero attached hydrogens (tertiary/aromatic N) is 6. The molecule has 0 N–H and O–H groups in total. The Labute approximate surface area is 363 Å². The molecule has 2 aliphatic heterocycles. The van der Waals surface area contributed by atoms with Gasteiger partial charge < -0.3 is 0 Å². The van der Waals surface area contributed by atoms with Crippen LogP contribution in [0.1, 0.15) is 88.6 Å². The van der Waals surface area contributed by atoms with Crippen molar-refractivity contribution in [1.82, 2.24) is 27.3 Å². The lowest BCUT2D eigenvalue weighted by atomic mass is 9.97. The van der Waals surface area contributed by atoms with Crippen LogP contribution in [0.3, 0.4) is 0 Å². The summed E-state index contributed by atoms with van der Waals surface area (Å²) in [5.41, 5.74) is 12.4. The van der Waals surface area contributed by atoms with Crippen molar-refractivity contribution < 1.29 is 19.2 Å². The van der Waals surface area contributed by atoms with Gasteiger partial charge in [0, 0.05) is 65.3 Å². The Hall–Kier alpha value is -5.14. The van der Waals surface area contributed by atoms with Gasteiger partial charge in [-0.15, -0.1) is 56.7 Å². The number of benzene rings is 2. The van der Waals surface area contributed by atoms with Crippen LogP contribution in [-0.4, -0.2) is 65.0 Å². The smallest absolute Gasteiger partial charge is 0.271 e. The maximum absolute atomic E-state index is 12.6. The molecule has 0 spiro atoms. The molecule has 9 aromatic rings. The number of amides is 4. The number of hydrogen-bond acceptors (Lipinski definition) is 15. The average Bonchev–Trinajstić information content (AvgIpc) is 4.10. The maximum Gasteiger partial charge on any atom is 0.271 e. The zero-order valence-electron chi connectivity index (χ0n) is 31.8. The van der Waals surface area contributed by atoms with Gasteiger partial charge in [-0.1, -0.05) is 24.3 Å². The van der Waals surface area contributed by atoms with Crippen molar-refractivity contribution in [2.24, 2.45) is 0 Å². The molecule has 0 unspecified atom stereocenters. The van der Waals surface area contributed by atoms with E-state index in [1.165, 1.54) is 76.5 Å². The van der Waals surface area contributed by atoms with Crippen LogP contribution in [0, 0.1) is 0 Å². The molecule has 0 fully saturated rings. The van der Waals surface area contributed by atoms with Crippen LogP contribution in [-0.2, 0) is 0 Å². The minimum atomic E-state index is -0.273. The van der Waals surface area contributed by atoms with E-state index in [0.717, 1.165) is 98.5 Å². The van der Waals surface area contributed by atoms with E-state index < -0.39 is 0 Å². The highest BCUT2D eigenvalue weighted by atomic mass is 32.1. The number of carbonyl (C=O) groups excluding carboxylic acids is 4. The third-order valence-corrected chi connectivity index (χ3v) is 18.8. The Bertz CT molecular complexity index is 3180. The van der Waals surface area contributed by atoms with E-state index in [-0.39, 0.29) is 23.6 Å². The van der Waals surface area contributed by atoms with Gasteiger partial charge in [0.25, 0.3) is 23.6 Å². The van der Waals surface area contributed by atoms with Gasteiger partial charge in [-0.3, -0.25) is 29.0 Å². The third-order valence-electron chi connectivity index (χ3n) is 11.4. The molecular weight excluding hydrogens is 877 g/mol. The van der Waals surface area contributed by atoms with E-state index >= 15 is 0 Å². The summed E-state index contributed by atoms with van der Waals surface area (Å²) < 4.78 is 23.9. The summed E-state index contributed by atoms with van der Waals surface area (Å²) in [4.78, 5) is 57.8. The van der Waals surface area contributed by atoms with Gasteiger partial charge in [0.1, 0.15) is 31.8 Å². The molecule has 11 rings (SSSR count). The summed E-state index contributed by atoms with van der Waals surface area (Å²) in [6.07, 6.45) is 0. The molecule has 59 heavy (non-hydrogen) atoms. The second-order valence-corrected chi connectivity index (χ2v) is 20.8. The Morgan fingerprint density at radius 1 is 0.458 bits per heavy atom. The fourth-order valence-corrected chi connectivity index (χ4v) is 15.3. The first-order valence-electron chi connectivity index (χ1n) is 18.2. The van der Waals surface area contributed by atoms with E-state index in [9.17, 15) is 19.2 Å². The first kappa shape index (κ1) is 36.9. The summed E-state index contributed by atoms with van der Waals surface area (Å²) in [5.74, 6) is -1.08. The number of rotatable bonds is 6. The van der Waals surface area contributed by atoms with Crippen molar-refractivity contribution in [3.8, 4) is 20.9 Å². The Morgan fingerprint density at radius 2 is 0.864 bits per heavy atom. The van der Waals surface area contributed by atoms with E-state index in [1.54, 1.807) is 12.1 Å². The fraction of sp³-hybridized carbons (Fsp3) is 0.143. The van der Waals surface area contributed by atoms with Crippen molar-refractivity contribution in [2.75, 3.05) is 14.1 Å². The number of hydrogen-bond donors (Lipinski definition) is 0. The van der Waals surface area contributed by atoms with Crippen molar-refractivity contribution in [1.29, 1.82) is 0 Å². The summed E-state index contributed by atoms with van der Waals surface area (Å²) in [6, 6.07) is 16.4. The van der Waals surface area contributed by atoms with Gasteiger partial charge in [-0.2, -0.15) is 17.5 Å². The van der Waals surface area contributed by atoms with Crippen LogP contribution in [0.5, 0.6) is 0 Å². The predicted molar refractivity (Wildman–Crippen MR) is 246 cm³/mol. The normalized spacial score (nSPS) is 15.2. The van der Waals surface area contributed by atoms with Crippen LogP contribution in [0.4, 0.5) is 0 Å². The highest BCUT2D eigenvalue weighted by Gasteiger charge is 2.37. The molecule has 0 atom stereocenters. The van der Waals surface area contributed by atoms with Crippen LogP contribution in [0.2, 0.25) is 0 Å². The Morgan fingerprint density at radius 3 is 1.27 bits per heavy atom. The van der Waals surface area contributed by atoms with Gasteiger partial charge in [-0.05, 0) is 74.3 Å². The van der Waals surface area contributed by atoms with Gasteiger partial charge in [0.2, 0.25) is 0 Å². The van der Waals surface area contributed by atoms with E-state index in [1.807, 2.05) is 46.1 Å². The molecule has 2 aromatic carbocycles. The molecular formula is C42H26N6O4S7. The van der Waals surface area contributed by atoms with Gasteiger partial charge in [0.15, 0.2) is 0 Å². The Kier molecular flexibility index (Phi) is 8.24. The topological polar surface area (TPSA) is 126 Å². The van der Waals surface area contributed by atoms with Crippen LogP contribution < -0.4 is 0 Å². The zero-order chi connectivity index (χ0) is 40.8. The molecule has 17 heteroatoms. The molecule has 0 saturated heterocycles. The fourth-order valence-electron chi connectivity index (χ4n) is 7.75. The summed E-state index contributed by atoms with van der Waals surface area (Å²) in [6.45, 7) is 8.59. The molecule has 7 aromatic heterocycles. The van der Waals surface area contributed by atoms with Crippen molar-refractivity contribution in [3.05, 3.63) is 90.3 Å². The predicted octanol–water partition coefficient (Wildman–Crippen LogP) is 12.0. The van der Waals surface area contributed by atoms with Crippen molar-refractivity contribution >= 4 is 167 Å². The first-order chi connectivity index (χ1) is 28.4. The minimum Gasteiger partial charge on any atom is -0.277 e. The van der Waals surface area contributed by atoms with Gasteiger partial charge >= 0.3 is 0 Å². The van der Waals surface area contributed by atoms with Crippen LogP contribution in [0.15, 0.2) is 48.5 Å². The molecule has 0 aliphatic carbocycles. The monoisotopic (exact) mass is 902 g/mol. The standard InChI is InChI=1S/C42H26N6O4S7/c1-15(19-7-9-21(33-31(19)43-58-45-33)27-11-23-35(56-27)41(51)47(5)39(23)49)17(3)25-13-29-37(54-25)38-30(53-29)14-26(55-38)18(4)16(2)20-8-10-22(34-32(20)44-59-46-34)28-12-24-36(57-28)42(52)48(6)40(24)50/h7-14H,1-6H3/b17-15+,18-16+. The number of carbonyl (C=O) groups is 4. The number of imide groups is 2. The highest BCUT2D eigenvalue weighted by molar-refractivity contribution is 7.39. The molecule has 0 saturated carbocycles.